The number of halogens is 3. The summed E-state index contributed by atoms with van der Waals surface area (Å²) in [4.78, 5) is 17.7. The first kappa shape index (κ1) is 15.9. The molecule has 0 spiro atoms. The Morgan fingerprint density at radius 3 is 2.55 bits per heavy atom. The average Bonchev–Trinajstić information content (AvgIpc) is 2.32. The molecule has 1 aromatic heterocycles. The van der Waals surface area contributed by atoms with E-state index in [0.29, 0.717) is 0 Å². The molecular formula is C10H13F3N4O3. The van der Waals surface area contributed by atoms with Crippen LogP contribution in [0, 0.1) is 17.0 Å². The quantitative estimate of drug-likeness (QED) is 0.492. The van der Waals surface area contributed by atoms with Gasteiger partial charge in [-0.1, -0.05) is 0 Å². The van der Waals surface area contributed by atoms with Crippen LogP contribution in [0.3, 0.4) is 0 Å². The summed E-state index contributed by atoms with van der Waals surface area (Å²) in [6.45, 7) is 1.07. The van der Waals surface area contributed by atoms with E-state index in [1.807, 2.05) is 0 Å². The van der Waals surface area contributed by atoms with Crippen LogP contribution in [0.4, 0.5) is 24.8 Å². The fourth-order valence-corrected chi connectivity index (χ4v) is 1.40. The van der Waals surface area contributed by atoms with Gasteiger partial charge in [0.1, 0.15) is 5.69 Å². The minimum absolute atomic E-state index is 0.0696. The predicted molar refractivity (Wildman–Crippen MR) is 63.8 cm³/mol. The van der Waals surface area contributed by atoms with Gasteiger partial charge in [0.05, 0.1) is 11.5 Å². The largest absolute Gasteiger partial charge is 0.473 e. The molecule has 0 saturated heterocycles. The summed E-state index contributed by atoms with van der Waals surface area (Å²) in [5.41, 5.74) is -0.379. The van der Waals surface area contributed by atoms with Crippen LogP contribution in [-0.4, -0.2) is 34.7 Å². The summed E-state index contributed by atoms with van der Waals surface area (Å²) < 4.78 is 40.9. The zero-order valence-corrected chi connectivity index (χ0v) is 10.8. The van der Waals surface area contributed by atoms with E-state index in [9.17, 15) is 23.3 Å². The van der Waals surface area contributed by atoms with Gasteiger partial charge in [0.15, 0.2) is 0 Å². The predicted octanol–water partition coefficient (Wildman–Crippen LogP) is 2.46. The van der Waals surface area contributed by atoms with Gasteiger partial charge in [-0.05, 0) is 13.3 Å². The standard InChI is InChI=1S/C10H13F3N4O3/c1-6-7(17(18)19)8(16-9(14-2)15-6)20-5-3-4-10(11,12)13/h3-5H2,1-2H3,(H,14,15,16). The topological polar surface area (TPSA) is 90.2 Å². The molecule has 0 aliphatic carbocycles. The molecule has 20 heavy (non-hydrogen) atoms. The third-order valence-corrected chi connectivity index (χ3v) is 2.28. The fraction of sp³-hybridized carbons (Fsp3) is 0.600. The molecule has 0 aromatic carbocycles. The molecule has 0 amide bonds. The molecule has 0 aliphatic heterocycles. The number of nitrogens with one attached hydrogen (secondary N) is 1. The molecule has 10 heteroatoms. The van der Waals surface area contributed by atoms with Crippen molar-refractivity contribution in [1.82, 2.24) is 9.97 Å². The smallest absolute Gasteiger partial charge is 0.389 e. The molecule has 0 unspecified atom stereocenters. The molecule has 0 bridgehead atoms. The lowest BCUT2D eigenvalue weighted by atomic mass is 10.3. The number of hydrogen-bond donors (Lipinski definition) is 1. The van der Waals surface area contributed by atoms with Gasteiger partial charge >= 0.3 is 11.9 Å². The molecule has 0 aliphatic rings. The number of rotatable bonds is 6. The first-order chi connectivity index (χ1) is 9.24. The van der Waals surface area contributed by atoms with Crippen LogP contribution in [0.25, 0.3) is 0 Å². The molecule has 1 heterocycles. The number of alkyl halides is 3. The number of aryl methyl sites for hydroxylation is 1. The van der Waals surface area contributed by atoms with E-state index in [4.69, 9.17) is 4.74 Å². The first-order valence-electron chi connectivity index (χ1n) is 5.65. The maximum atomic E-state index is 12.0. The van der Waals surface area contributed by atoms with Crippen LogP contribution >= 0.6 is 0 Å². The van der Waals surface area contributed by atoms with Crippen molar-refractivity contribution >= 4 is 11.6 Å². The molecule has 7 nitrogen and oxygen atoms in total. The molecule has 0 fully saturated rings. The highest BCUT2D eigenvalue weighted by Gasteiger charge is 2.27. The highest BCUT2D eigenvalue weighted by Crippen LogP contribution is 2.29. The van der Waals surface area contributed by atoms with Crippen molar-refractivity contribution < 1.29 is 22.8 Å². The second kappa shape index (κ2) is 6.35. The van der Waals surface area contributed by atoms with Crippen LogP contribution in [0.15, 0.2) is 0 Å². The number of aromatic nitrogens is 2. The van der Waals surface area contributed by atoms with E-state index in [0.717, 1.165) is 0 Å². The van der Waals surface area contributed by atoms with Gasteiger partial charge in [-0.3, -0.25) is 10.1 Å². The van der Waals surface area contributed by atoms with Crippen molar-refractivity contribution in [3.63, 3.8) is 0 Å². The van der Waals surface area contributed by atoms with Crippen molar-refractivity contribution in [2.45, 2.75) is 25.9 Å². The summed E-state index contributed by atoms with van der Waals surface area (Å²) in [6, 6.07) is 0. The Bertz CT molecular complexity index is 493. The Labute approximate surface area is 112 Å². The van der Waals surface area contributed by atoms with E-state index < -0.39 is 23.2 Å². The fourth-order valence-electron chi connectivity index (χ4n) is 1.40. The first-order valence-corrected chi connectivity index (χ1v) is 5.65. The Kier molecular flexibility index (Phi) is 5.06. The van der Waals surface area contributed by atoms with E-state index in [-0.39, 0.29) is 30.5 Å². The molecule has 0 radical (unpaired) electrons. The zero-order chi connectivity index (χ0) is 15.3. The number of ether oxygens (including phenoxy) is 1. The lowest BCUT2D eigenvalue weighted by Crippen LogP contribution is -2.12. The van der Waals surface area contributed by atoms with Gasteiger partial charge in [0, 0.05) is 13.5 Å². The molecule has 1 rings (SSSR count). The van der Waals surface area contributed by atoms with Crippen molar-refractivity contribution in [3.05, 3.63) is 15.8 Å². The molecule has 112 valence electrons. The number of hydrogen-bond acceptors (Lipinski definition) is 6. The molecule has 1 N–H and O–H groups in total. The van der Waals surface area contributed by atoms with E-state index in [1.165, 1.54) is 14.0 Å². The molecule has 0 atom stereocenters. The Morgan fingerprint density at radius 2 is 2.05 bits per heavy atom. The summed E-state index contributed by atoms with van der Waals surface area (Å²) >= 11 is 0. The molecule has 0 saturated carbocycles. The van der Waals surface area contributed by atoms with Gasteiger partial charge < -0.3 is 10.1 Å². The third kappa shape index (κ3) is 4.52. The van der Waals surface area contributed by atoms with Crippen LogP contribution in [0.2, 0.25) is 0 Å². The third-order valence-electron chi connectivity index (χ3n) is 2.28. The summed E-state index contributed by atoms with van der Waals surface area (Å²) in [6.07, 6.45) is -5.62. The Balaban J connectivity index is 2.82. The van der Waals surface area contributed by atoms with Crippen molar-refractivity contribution in [2.24, 2.45) is 0 Å². The second-order valence-corrected chi connectivity index (χ2v) is 3.86. The van der Waals surface area contributed by atoms with Gasteiger partial charge in [-0.2, -0.15) is 18.2 Å². The zero-order valence-electron chi connectivity index (χ0n) is 10.8. The average molecular weight is 294 g/mol. The molecular weight excluding hydrogens is 281 g/mol. The van der Waals surface area contributed by atoms with Crippen LogP contribution in [0.1, 0.15) is 18.5 Å². The highest BCUT2D eigenvalue weighted by atomic mass is 19.4. The van der Waals surface area contributed by atoms with Crippen LogP contribution < -0.4 is 10.1 Å². The lowest BCUT2D eigenvalue weighted by Gasteiger charge is -2.09. The summed E-state index contributed by atoms with van der Waals surface area (Å²) in [5, 5.41) is 13.5. The minimum atomic E-state index is -4.28. The maximum absolute atomic E-state index is 12.0. The van der Waals surface area contributed by atoms with E-state index in [2.05, 4.69) is 15.3 Å². The SMILES string of the molecule is CNc1nc(C)c([N+](=O)[O-])c(OCCCC(F)(F)F)n1. The van der Waals surface area contributed by atoms with Gasteiger partial charge in [0.25, 0.3) is 5.88 Å². The normalized spacial score (nSPS) is 11.2. The van der Waals surface area contributed by atoms with Crippen LogP contribution in [-0.2, 0) is 0 Å². The second-order valence-electron chi connectivity index (χ2n) is 3.86. The highest BCUT2D eigenvalue weighted by molar-refractivity contribution is 5.48. The number of nitrogens with zero attached hydrogens (tertiary/aromatic N) is 3. The van der Waals surface area contributed by atoms with Crippen molar-refractivity contribution in [3.8, 4) is 5.88 Å². The maximum Gasteiger partial charge on any atom is 0.389 e. The number of anilines is 1. The minimum Gasteiger partial charge on any atom is -0.473 e. The van der Waals surface area contributed by atoms with Crippen molar-refractivity contribution in [1.29, 1.82) is 0 Å². The lowest BCUT2D eigenvalue weighted by molar-refractivity contribution is -0.387. The Morgan fingerprint density at radius 1 is 1.40 bits per heavy atom. The van der Waals surface area contributed by atoms with Crippen LogP contribution in [0.5, 0.6) is 5.88 Å². The van der Waals surface area contributed by atoms with Gasteiger partial charge in [-0.25, -0.2) is 4.98 Å². The monoisotopic (exact) mass is 294 g/mol. The molecule has 1 aromatic rings. The van der Waals surface area contributed by atoms with E-state index >= 15 is 0 Å². The van der Waals surface area contributed by atoms with Gasteiger partial charge in [-0.15, -0.1) is 0 Å². The number of nitro groups is 1. The summed E-state index contributed by atoms with van der Waals surface area (Å²) in [5.74, 6) is -0.243. The van der Waals surface area contributed by atoms with E-state index in [1.54, 1.807) is 0 Å². The Hall–Kier alpha value is -2.13. The van der Waals surface area contributed by atoms with Crippen molar-refractivity contribution in [2.75, 3.05) is 19.0 Å². The summed E-state index contributed by atoms with van der Waals surface area (Å²) in [7, 11) is 1.51. The van der Waals surface area contributed by atoms with Gasteiger partial charge in [0.2, 0.25) is 5.95 Å².